The maximum atomic E-state index is 14.0. The minimum absolute atomic E-state index is 0.181. The number of benzene rings is 3. The van der Waals surface area contributed by atoms with Gasteiger partial charge in [-0.2, -0.15) is 0 Å². The van der Waals surface area contributed by atoms with Crippen molar-refractivity contribution in [2.75, 3.05) is 17.3 Å². The number of carbonyl (C=O) groups is 1. The van der Waals surface area contributed by atoms with Crippen LogP contribution in [0.25, 0.3) is 0 Å². The van der Waals surface area contributed by atoms with E-state index in [-0.39, 0.29) is 5.91 Å². The summed E-state index contributed by atoms with van der Waals surface area (Å²) in [5.74, 6) is 0.334. The Balaban J connectivity index is 1.65. The second-order valence-corrected chi connectivity index (χ2v) is 9.89. The van der Waals surface area contributed by atoms with Gasteiger partial charge in [0.2, 0.25) is 5.91 Å². The smallest absolute Gasteiger partial charge is 0.236 e. The van der Waals surface area contributed by atoms with E-state index in [9.17, 15) is 4.79 Å². The topological polar surface area (TPSA) is 62.8 Å². The fourth-order valence-electron chi connectivity index (χ4n) is 5.10. The summed E-state index contributed by atoms with van der Waals surface area (Å²) in [6, 6.07) is 18.5. The van der Waals surface area contributed by atoms with Gasteiger partial charge in [0.05, 0.1) is 13.2 Å². The summed E-state index contributed by atoms with van der Waals surface area (Å²) in [4.78, 5) is 15.8. The molecule has 6 nitrogen and oxygen atoms in total. The zero-order valence-corrected chi connectivity index (χ0v) is 21.5. The Morgan fingerprint density at radius 1 is 1.17 bits per heavy atom. The van der Waals surface area contributed by atoms with Crippen LogP contribution in [0, 0.1) is 19.8 Å². The molecule has 0 radical (unpaired) electrons. The highest BCUT2D eigenvalue weighted by Gasteiger charge is 2.59. The Kier molecular flexibility index (Phi) is 5.85. The first kappa shape index (κ1) is 23.5. The van der Waals surface area contributed by atoms with Crippen molar-refractivity contribution in [3.8, 4) is 11.5 Å². The van der Waals surface area contributed by atoms with Gasteiger partial charge in [-0.1, -0.05) is 47.5 Å². The highest BCUT2D eigenvalue weighted by atomic mass is 35.5. The number of anilines is 2. The fourth-order valence-corrected chi connectivity index (χ4v) is 5.70. The second-order valence-electron chi connectivity index (χ2n) is 9.06. The molecule has 2 N–H and O–H groups in total. The molecule has 180 valence electrons. The molecule has 2 bridgehead atoms. The Labute approximate surface area is 215 Å². The summed E-state index contributed by atoms with van der Waals surface area (Å²) in [7, 11) is 1.60. The molecule has 1 fully saturated rings. The van der Waals surface area contributed by atoms with Crippen LogP contribution in [-0.4, -0.2) is 23.9 Å². The first-order chi connectivity index (χ1) is 16.7. The third-order valence-electron chi connectivity index (χ3n) is 6.70. The minimum atomic E-state index is -1.16. The number of fused-ring (bicyclic) bond motifs is 4. The van der Waals surface area contributed by atoms with Crippen molar-refractivity contribution < 1.29 is 14.3 Å². The molecule has 3 atom stereocenters. The summed E-state index contributed by atoms with van der Waals surface area (Å²) < 4.78 is 12.3. The molecule has 0 aliphatic carbocycles. The number of aryl methyl sites for hydroxylation is 2. The van der Waals surface area contributed by atoms with Crippen molar-refractivity contribution in [1.82, 2.24) is 5.32 Å². The van der Waals surface area contributed by atoms with Crippen LogP contribution < -0.4 is 25.0 Å². The zero-order valence-electron chi connectivity index (χ0n) is 19.9. The molecule has 3 aromatic carbocycles. The Bertz CT molecular complexity index is 1350. The van der Waals surface area contributed by atoms with Crippen LogP contribution in [-0.2, 0) is 4.79 Å². The zero-order chi connectivity index (χ0) is 24.9. The van der Waals surface area contributed by atoms with Crippen LogP contribution in [0.3, 0.4) is 0 Å². The molecule has 5 rings (SSSR count). The molecule has 0 unspecified atom stereocenters. The normalized spacial score (nSPS) is 22.5. The van der Waals surface area contributed by atoms with E-state index < -0.39 is 17.7 Å². The predicted molar refractivity (Wildman–Crippen MR) is 142 cm³/mol. The molecule has 2 aliphatic rings. The highest BCUT2D eigenvalue weighted by Crippen LogP contribution is 2.52. The fraction of sp³-hybridized carbons (Fsp3) is 0.259. The number of nitrogens with zero attached hydrogens (tertiary/aromatic N) is 1. The minimum Gasteiger partial charge on any atom is -0.493 e. The van der Waals surface area contributed by atoms with Gasteiger partial charge in [0.25, 0.3) is 0 Å². The Morgan fingerprint density at radius 3 is 2.66 bits per heavy atom. The lowest BCUT2D eigenvalue weighted by atomic mass is 9.78. The van der Waals surface area contributed by atoms with E-state index in [0.717, 1.165) is 28.1 Å². The van der Waals surface area contributed by atoms with Crippen molar-refractivity contribution in [2.45, 2.75) is 32.5 Å². The third kappa shape index (κ3) is 3.89. The average molecular weight is 508 g/mol. The number of hydrogen-bond acceptors (Lipinski definition) is 4. The Hall–Kier alpha value is -3.29. The number of halogens is 1. The van der Waals surface area contributed by atoms with Crippen molar-refractivity contribution in [1.29, 1.82) is 0 Å². The van der Waals surface area contributed by atoms with Crippen LogP contribution >= 0.6 is 23.8 Å². The molecule has 1 amide bonds. The lowest BCUT2D eigenvalue weighted by molar-refractivity contribution is -0.130. The van der Waals surface area contributed by atoms with Gasteiger partial charge in [-0.3, -0.25) is 9.69 Å². The molecule has 2 aliphatic heterocycles. The predicted octanol–water partition coefficient (Wildman–Crippen LogP) is 5.76. The molecular formula is C27H26ClN3O3S. The van der Waals surface area contributed by atoms with Gasteiger partial charge in [-0.05, 0) is 68.9 Å². The van der Waals surface area contributed by atoms with Gasteiger partial charge >= 0.3 is 0 Å². The van der Waals surface area contributed by atoms with Gasteiger partial charge in [0, 0.05) is 22.0 Å². The van der Waals surface area contributed by atoms with Gasteiger partial charge in [-0.25, -0.2) is 0 Å². The molecule has 0 spiro atoms. The van der Waals surface area contributed by atoms with E-state index in [2.05, 4.69) is 10.6 Å². The van der Waals surface area contributed by atoms with E-state index in [1.807, 2.05) is 74.2 Å². The summed E-state index contributed by atoms with van der Waals surface area (Å²) in [5.41, 5.74) is 3.25. The first-order valence-electron chi connectivity index (χ1n) is 11.3. The summed E-state index contributed by atoms with van der Waals surface area (Å²) in [5, 5.41) is 7.54. The monoisotopic (exact) mass is 507 g/mol. The molecule has 8 heteroatoms. The SMILES string of the molecule is COc1cccc2c1O[C@@]1(C)[C@H](C(=O)Nc3ccc(C)cc3C)[C@H]2NC(=S)N1c1cccc(Cl)c1. The van der Waals surface area contributed by atoms with Gasteiger partial charge < -0.3 is 20.1 Å². The molecule has 3 aromatic rings. The number of carbonyl (C=O) groups excluding carboxylic acids is 1. The summed E-state index contributed by atoms with van der Waals surface area (Å²) >= 11 is 12.1. The van der Waals surface area contributed by atoms with Crippen molar-refractivity contribution >= 4 is 46.2 Å². The number of hydrogen-bond donors (Lipinski definition) is 2. The van der Waals surface area contributed by atoms with Gasteiger partial charge in [0.1, 0.15) is 5.92 Å². The summed E-state index contributed by atoms with van der Waals surface area (Å²) in [6.45, 7) is 5.89. The number of methoxy groups -OCH3 is 1. The quantitative estimate of drug-likeness (QED) is 0.437. The van der Waals surface area contributed by atoms with E-state index >= 15 is 0 Å². The molecule has 35 heavy (non-hydrogen) atoms. The summed E-state index contributed by atoms with van der Waals surface area (Å²) in [6.07, 6.45) is 0. The molecule has 1 saturated heterocycles. The van der Waals surface area contributed by atoms with E-state index in [1.165, 1.54) is 0 Å². The Morgan fingerprint density at radius 2 is 1.94 bits per heavy atom. The van der Waals surface area contributed by atoms with Crippen LogP contribution in [0.2, 0.25) is 5.02 Å². The number of thiocarbonyl (C=S) groups is 1. The van der Waals surface area contributed by atoms with Crippen molar-refractivity contribution in [3.63, 3.8) is 0 Å². The first-order valence-corrected chi connectivity index (χ1v) is 12.1. The molecule has 2 heterocycles. The lowest BCUT2D eigenvalue weighted by Crippen LogP contribution is -2.72. The highest BCUT2D eigenvalue weighted by molar-refractivity contribution is 7.80. The number of amides is 1. The van der Waals surface area contributed by atoms with Crippen LogP contribution in [0.5, 0.6) is 11.5 Å². The number of nitrogens with one attached hydrogen (secondary N) is 2. The van der Waals surface area contributed by atoms with E-state index in [4.69, 9.17) is 33.3 Å². The standard InChI is InChI=1S/C27H26ClN3O3S/c1-15-11-12-20(16(2)13-15)29-25(32)22-23-19-9-6-10-21(33-4)24(19)34-27(22,3)31(26(35)30-23)18-8-5-7-17(28)14-18/h5-14,22-23H,1-4H3,(H,29,32)(H,30,35)/t22-,23-,27-/m0/s1. The number of rotatable bonds is 4. The van der Waals surface area contributed by atoms with E-state index in [0.29, 0.717) is 21.6 Å². The van der Waals surface area contributed by atoms with Crippen molar-refractivity contribution in [3.05, 3.63) is 82.4 Å². The molecular weight excluding hydrogens is 482 g/mol. The van der Waals surface area contributed by atoms with Gasteiger partial charge in [-0.15, -0.1) is 0 Å². The van der Waals surface area contributed by atoms with Gasteiger partial charge in [0.15, 0.2) is 22.3 Å². The molecule has 0 saturated carbocycles. The van der Waals surface area contributed by atoms with Crippen LogP contribution in [0.4, 0.5) is 11.4 Å². The lowest BCUT2D eigenvalue weighted by Gasteiger charge is -2.56. The largest absolute Gasteiger partial charge is 0.493 e. The molecule has 0 aromatic heterocycles. The number of ether oxygens (including phenoxy) is 2. The maximum Gasteiger partial charge on any atom is 0.236 e. The third-order valence-corrected chi connectivity index (χ3v) is 7.23. The second kappa shape index (κ2) is 8.73. The van der Waals surface area contributed by atoms with Crippen LogP contribution in [0.15, 0.2) is 60.7 Å². The maximum absolute atomic E-state index is 14.0. The van der Waals surface area contributed by atoms with Crippen molar-refractivity contribution in [2.24, 2.45) is 5.92 Å². The van der Waals surface area contributed by atoms with E-state index in [1.54, 1.807) is 19.2 Å². The number of para-hydroxylation sites is 1. The van der Waals surface area contributed by atoms with Crippen LogP contribution in [0.1, 0.15) is 29.7 Å². The average Bonchev–Trinajstić information content (AvgIpc) is 2.80.